The van der Waals surface area contributed by atoms with Crippen LogP contribution in [0.15, 0.2) is 0 Å². The Hall–Kier alpha value is -0.0400. The molecule has 120 valence electrons. The molecule has 0 amide bonds. The number of aliphatic hydroxyl groups is 1. The third-order valence-corrected chi connectivity index (χ3v) is 8.91. The molecule has 7 unspecified atom stereocenters. The number of hydrogen-bond acceptors (Lipinski definition) is 1. The first-order valence-corrected chi connectivity index (χ1v) is 9.33. The van der Waals surface area contributed by atoms with Crippen molar-refractivity contribution < 1.29 is 5.11 Å². The Balaban J connectivity index is 1.75. The summed E-state index contributed by atoms with van der Waals surface area (Å²) >= 11 is 0. The molecule has 0 saturated heterocycles. The summed E-state index contributed by atoms with van der Waals surface area (Å²) in [7, 11) is 0. The van der Waals surface area contributed by atoms with Crippen LogP contribution in [0.5, 0.6) is 0 Å². The molecule has 7 atom stereocenters. The molecule has 4 rings (SSSR count). The lowest BCUT2D eigenvalue weighted by Crippen LogP contribution is -2.53. The minimum Gasteiger partial charge on any atom is -0.390 e. The molecule has 4 saturated carbocycles. The highest BCUT2D eigenvalue weighted by Crippen LogP contribution is 2.74. The molecule has 0 bridgehead atoms. The zero-order valence-electron chi connectivity index (χ0n) is 14.7. The zero-order chi connectivity index (χ0) is 15.3. The van der Waals surface area contributed by atoms with Gasteiger partial charge in [0.05, 0.1) is 5.60 Å². The SMILES string of the molecule is CC1(C)CCC2(C)CC3C(CCC(C)(O)C4CCC34C)C12. The van der Waals surface area contributed by atoms with Crippen LogP contribution in [0.25, 0.3) is 0 Å². The van der Waals surface area contributed by atoms with Crippen LogP contribution in [0.1, 0.15) is 79.6 Å². The maximum atomic E-state index is 11.0. The topological polar surface area (TPSA) is 20.2 Å². The lowest BCUT2D eigenvalue weighted by molar-refractivity contribution is -0.135. The molecule has 1 heteroatoms. The summed E-state index contributed by atoms with van der Waals surface area (Å²) in [6.45, 7) is 12.3. The van der Waals surface area contributed by atoms with Crippen molar-refractivity contribution in [3.63, 3.8) is 0 Å². The molecular formula is C20H34O. The molecule has 1 N–H and O–H groups in total. The van der Waals surface area contributed by atoms with Crippen molar-refractivity contribution in [3.8, 4) is 0 Å². The van der Waals surface area contributed by atoms with Gasteiger partial charge in [0.1, 0.15) is 0 Å². The van der Waals surface area contributed by atoms with Crippen molar-refractivity contribution in [2.45, 2.75) is 85.2 Å². The van der Waals surface area contributed by atoms with Gasteiger partial charge in [0, 0.05) is 0 Å². The quantitative estimate of drug-likeness (QED) is 0.663. The lowest BCUT2D eigenvalue weighted by Gasteiger charge is -2.56. The third-order valence-electron chi connectivity index (χ3n) is 8.91. The van der Waals surface area contributed by atoms with Crippen molar-refractivity contribution >= 4 is 0 Å². The monoisotopic (exact) mass is 290 g/mol. The predicted molar refractivity (Wildman–Crippen MR) is 86.9 cm³/mol. The van der Waals surface area contributed by atoms with Gasteiger partial charge in [0.15, 0.2) is 0 Å². The number of fused-ring (bicyclic) bond motifs is 5. The normalized spacial score (nSPS) is 61.4. The van der Waals surface area contributed by atoms with E-state index in [1.165, 1.54) is 38.5 Å². The van der Waals surface area contributed by atoms with Gasteiger partial charge in [-0.05, 0) is 91.8 Å². The molecule has 0 radical (unpaired) electrons. The van der Waals surface area contributed by atoms with Crippen LogP contribution in [0, 0.1) is 39.9 Å². The van der Waals surface area contributed by atoms with E-state index in [1.807, 2.05) is 0 Å². The first kappa shape index (κ1) is 14.5. The summed E-state index contributed by atoms with van der Waals surface area (Å²) in [5.41, 5.74) is 1.12. The number of rotatable bonds is 0. The Bertz CT molecular complexity index is 464. The smallest absolute Gasteiger partial charge is 0.0653 e. The second-order valence-corrected chi connectivity index (χ2v) is 10.6. The first-order chi connectivity index (χ1) is 9.60. The van der Waals surface area contributed by atoms with Crippen molar-refractivity contribution in [1.82, 2.24) is 0 Å². The van der Waals surface area contributed by atoms with Gasteiger partial charge in [-0.1, -0.05) is 27.7 Å². The van der Waals surface area contributed by atoms with Crippen LogP contribution in [0.4, 0.5) is 0 Å². The standard InChI is InChI=1S/C20H34O/c1-17(2)10-11-18(3)12-14-13(16(17)18)6-9-20(5,21)15-7-8-19(14,15)4/h13-16,21H,6-12H2,1-5H3. The first-order valence-electron chi connectivity index (χ1n) is 9.33. The Morgan fingerprint density at radius 3 is 2.19 bits per heavy atom. The summed E-state index contributed by atoms with van der Waals surface area (Å²) < 4.78 is 0. The van der Waals surface area contributed by atoms with Gasteiger partial charge < -0.3 is 5.11 Å². The zero-order valence-corrected chi connectivity index (χ0v) is 14.7. The maximum Gasteiger partial charge on any atom is 0.0653 e. The van der Waals surface area contributed by atoms with E-state index in [2.05, 4.69) is 34.6 Å². The van der Waals surface area contributed by atoms with Crippen LogP contribution in [-0.4, -0.2) is 10.7 Å². The van der Waals surface area contributed by atoms with E-state index in [0.717, 1.165) is 24.2 Å². The fraction of sp³-hybridized carbons (Fsp3) is 1.00. The van der Waals surface area contributed by atoms with Crippen LogP contribution in [-0.2, 0) is 0 Å². The summed E-state index contributed by atoms with van der Waals surface area (Å²) in [5, 5.41) is 11.0. The van der Waals surface area contributed by atoms with Crippen molar-refractivity contribution in [1.29, 1.82) is 0 Å². The second-order valence-electron chi connectivity index (χ2n) is 10.6. The summed E-state index contributed by atoms with van der Waals surface area (Å²) in [6.07, 6.45) is 9.22. The van der Waals surface area contributed by atoms with E-state index in [1.54, 1.807) is 0 Å². The Morgan fingerprint density at radius 1 is 0.857 bits per heavy atom. The molecule has 4 fully saturated rings. The fourth-order valence-corrected chi connectivity index (χ4v) is 8.01. The van der Waals surface area contributed by atoms with E-state index in [-0.39, 0.29) is 0 Å². The van der Waals surface area contributed by atoms with Crippen LogP contribution in [0.3, 0.4) is 0 Å². The molecule has 4 aliphatic rings. The van der Waals surface area contributed by atoms with Gasteiger partial charge in [0.25, 0.3) is 0 Å². The molecule has 21 heavy (non-hydrogen) atoms. The largest absolute Gasteiger partial charge is 0.390 e. The highest BCUT2D eigenvalue weighted by Gasteiger charge is 2.67. The Kier molecular flexibility index (Phi) is 2.69. The molecule has 0 aromatic heterocycles. The number of hydrogen-bond donors (Lipinski definition) is 1. The average Bonchev–Trinajstić information content (AvgIpc) is 2.75. The summed E-state index contributed by atoms with van der Waals surface area (Å²) in [6, 6.07) is 0. The molecule has 0 aliphatic heterocycles. The maximum absolute atomic E-state index is 11.0. The van der Waals surface area contributed by atoms with Gasteiger partial charge in [0.2, 0.25) is 0 Å². The summed E-state index contributed by atoms with van der Waals surface area (Å²) in [4.78, 5) is 0. The van der Waals surface area contributed by atoms with Gasteiger partial charge in [-0.15, -0.1) is 0 Å². The molecule has 4 aliphatic carbocycles. The van der Waals surface area contributed by atoms with E-state index < -0.39 is 5.60 Å². The molecule has 0 spiro atoms. The Labute approximate surface area is 130 Å². The third kappa shape index (κ3) is 1.68. The Morgan fingerprint density at radius 2 is 1.57 bits per heavy atom. The molecule has 0 aromatic carbocycles. The van der Waals surface area contributed by atoms with E-state index >= 15 is 0 Å². The van der Waals surface area contributed by atoms with Crippen molar-refractivity contribution in [2.24, 2.45) is 39.9 Å². The van der Waals surface area contributed by atoms with E-state index in [4.69, 9.17) is 0 Å². The van der Waals surface area contributed by atoms with Crippen molar-refractivity contribution in [2.75, 3.05) is 0 Å². The van der Waals surface area contributed by atoms with Crippen molar-refractivity contribution in [3.05, 3.63) is 0 Å². The minimum atomic E-state index is -0.406. The summed E-state index contributed by atoms with van der Waals surface area (Å²) in [5.74, 6) is 3.20. The van der Waals surface area contributed by atoms with Gasteiger partial charge in [-0.2, -0.15) is 0 Å². The van der Waals surface area contributed by atoms with Gasteiger partial charge >= 0.3 is 0 Å². The van der Waals surface area contributed by atoms with Gasteiger partial charge in [-0.25, -0.2) is 0 Å². The minimum absolute atomic E-state index is 0.406. The molecule has 0 heterocycles. The van der Waals surface area contributed by atoms with Crippen LogP contribution in [0.2, 0.25) is 0 Å². The van der Waals surface area contributed by atoms with E-state index in [0.29, 0.717) is 22.2 Å². The fourth-order valence-electron chi connectivity index (χ4n) is 8.01. The lowest BCUT2D eigenvalue weighted by atomic mass is 9.50. The highest BCUT2D eigenvalue weighted by atomic mass is 16.3. The molecule has 1 nitrogen and oxygen atoms in total. The molecular weight excluding hydrogens is 256 g/mol. The van der Waals surface area contributed by atoms with Crippen LogP contribution < -0.4 is 0 Å². The average molecular weight is 290 g/mol. The highest BCUT2D eigenvalue weighted by molar-refractivity contribution is 5.16. The predicted octanol–water partition coefficient (Wildman–Crippen LogP) is 5.03. The van der Waals surface area contributed by atoms with Crippen LogP contribution >= 0.6 is 0 Å². The van der Waals surface area contributed by atoms with E-state index in [9.17, 15) is 5.11 Å². The van der Waals surface area contributed by atoms with Gasteiger partial charge in [-0.3, -0.25) is 0 Å². The molecule has 0 aromatic rings. The second kappa shape index (κ2) is 3.89.